The molecule has 2 aliphatic carbocycles. The van der Waals surface area contributed by atoms with Crippen LogP contribution in [0.4, 0.5) is 0 Å². The number of benzene rings is 1. The molecule has 3 rings (SSSR count). The van der Waals surface area contributed by atoms with Crippen molar-refractivity contribution < 1.29 is 0 Å². The number of rotatable bonds is 3. The molecule has 1 heteroatoms. The van der Waals surface area contributed by atoms with E-state index in [1.807, 2.05) is 0 Å². The van der Waals surface area contributed by atoms with Gasteiger partial charge in [0.05, 0.1) is 0 Å². The van der Waals surface area contributed by atoms with Crippen molar-refractivity contribution >= 4 is 0 Å². The van der Waals surface area contributed by atoms with Crippen molar-refractivity contribution in [2.75, 3.05) is 0 Å². The van der Waals surface area contributed by atoms with Crippen LogP contribution < -0.4 is 5.32 Å². The Labute approximate surface area is 124 Å². The number of hydrogen-bond acceptors (Lipinski definition) is 1. The third-order valence-corrected chi connectivity index (χ3v) is 5.44. The van der Waals surface area contributed by atoms with Gasteiger partial charge in [0.25, 0.3) is 0 Å². The minimum absolute atomic E-state index is 0.568. The van der Waals surface area contributed by atoms with Gasteiger partial charge in [-0.2, -0.15) is 0 Å². The van der Waals surface area contributed by atoms with E-state index in [1.165, 1.54) is 44.9 Å². The van der Waals surface area contributed by atoms with E-state index in [0.29, 0.717) is 5.41 Å². The second-order valence-corrected chi connectivity index (χ2v) is 7.73. The van der Waals surface area contributed by atoms with Crippen molar-refractivity contribution in [3.63, 3.8) is 0 Å². The summed E-state index contributed by atoms with van der Waals surface area (Å²) in [5.41, 5.74) is 2.12. The molecule has 1 aromatic carbocycles. The smallest absolute Gasteiger partial charge is 0.00749 e. The Kier molecular flexibility index (Phi) is 4.16. The quantitative estimate of drug-likeness (QED) is 0.826. The second kappa shape index (κ2) is 5.89. The van der Waals surface area contributed by atoms with Gasteiger partial charge in [-0.05, 0) is 61.8 Å². The van der Waals surface area contributed by atoms with Gasteiger partial charge < -0.3 is 5.32 Å². The first kappa shape index (κ1) is 14.1. The molecule has 0 bridgehead atoms. The minimum Gasteiger partial charge on any atom is -0.311 e. The van der Waals surface area contributed by atoms with Gasteiger partial charge >= 0.3 is 0 Å². The molecule has 0 amide bonds. The Morgan fingerprint density at radius 1 is 0.900 bits per heavy atom. The van der Waals surface area contributed by atoms with Crippen LogP contribution in [0.25, 0.3) is 0 Å². The fourth-order valence-electron chi connectivity index (χ4n) is 4.23. The molecule has 2 fully saturated rings. The van der Waals surface area contributed by atoms with E-state index in [4.69, 9.17) is 0 Å². The molecule has 0 aliphatic heterocycles. The van der Waals surface area contributed by atoms with Crippen molar-refractivity contribution in [1.29, 1.82) is 0 Å². The summed E-state index contributed by atoms with van der Waals surface area (Å²) >= 11 is 0. The molecule has 0 radical (unpaired) electrons. The van der Waals surface area contributed by atoms with Crippen molar-refractivity contribution in [3.05, 3.63) is 35.9 Å². The van der Waals surface area contributed by atoms with Gasteiger partial charge in [-0.1, -0.05) is 44.2 Å². The highest BCUT2D eigenvalue weighted by atomic mass is 15.0. The first-order valence-electron chi connectivity index (χ1n) is 8.43. The molecule has 1 nitrogen and oxygen atoms in total. The Morgan fingerprint density at radius 2 is 1.60 bits per heavy atom. The average molecular weight is 271 g/mol. The first-order valence-corrected chi connectivity index (χ1v) is 8.43. The molecule has 0 aromatic heterocycles. The van der Waals surface area contributed by atoms with Crippen LogP contribution in [-0.2, 0) is 0 Å². The zero-order valence-corrected chi connectivity index (χ0v) is 13.1. The standard InChI is InChI=1S/C19H29N/c1-19(2)13-12-18(14-19)20-17-10-8-16(9-11-17)15-6-4-3-5-7-15/h3-7,16-18,20H,8-14H2,1-2H3. The van der Waals surface area contributed by atoms with Crippen LogP contribution in [0.15, 0.2) is 30.3 Å². The predicted octanol–water partition coefficient (Wildman–Crippen LogP) is 4.88. The lowest BCUT2D eigenvalue weighted by molar-refractivity contribution is 0.299. The predicted molar refractivity (Wildman–Crippen MR) is 86.0 cm³/mol. The summed E-state index contributed by atoms with van der Waals surface area (Å²) < 4.78 is 0. The minimum atomic E-state index is 0.568. The summed E-state index contributed by atoms with van der Waals surface area (Å²) in [5, 5.41) is 3.95. The zero-order valence-electron chi connectivity index (χ0n) is 13.1. The van der Waals surface area contributed by atoms with Crippen LogP contribution in [-0.4, -0.2) is 12.1 Å². The lowest BCUT2D eigenvalue weighted by Crippen LogP contribution is -2.39. The Hall–Kier alpha value is -0.820. The third-order valence-electron chi connectivity index (χ3n) is 5.44. The van der Waals surface area contributed by atoms with Gasteiger partial charge in [0, 0.05) is 12.1 Å². The highest BCUT2D eigenvalue weighted by Gasteiger charge is 2.32. The van der Waals surface area contributed by atoms with Crippen LogP contribution in [0.2, 0.25) is 0 Å². The van der Waals surface area contributed by atoms with Gasteiger partial charge in [-0.3, -0.25) is 0 Å². The van der Waals surface area contributed by atoms with Crippen LogP contribution in [0.3, 0.4) is 0 Å². The van der Waals surface area contributed by atoms with Gasteiger partial charge in [0.15, 0.2) is 0 Å². The maximum Gasteiger partial charge on any atom is 0.00749 e. The lowest BCUT2D eigenvalue weighted by atomic mass is 9.81. The highest BCUT2D eigenvalue weighted by Crippen LogP contribution is 2.38. The summed E-state index contributed by atoms with van der Waals surface area (Å²) in [7, 11) is 0. The van der Waals surface area contributed by atoms with Crippen LogP contribution in [0.5, 0.6) is 0 Å². The molecule has 20 heavy (non-hydrogen) atoms. The molecule has 1 N–H and O–H groups in total. The van der Waals surface area contributed by atoms with E-state index in [1.54, 1.807) is 5.56 Å². The second-order valence-electron chi connectivity index (χ2n) is 7.73. The molecule has 1 unspecified atom stereocenters. The summed E-state index contributed by atoms with van der Waals surface area (Å²) in [6, 6.07) is 12.6. The molecule has 2 saturated carbocycles. The van der Waals surface area contributed by atoms with E-state index >= 15 is 0 Å². The third kappa shape index (κ3) is 3.44. The molecule has 0 heterocycles. The van der Waals surface area contributed by atoms with E-state index in [0.717, 1.165) is 18.0 Å². The van der Waals surface area contributed by atoms with Crippen molar-refractivity contribution in [2.45, 2.75) is 76.8 Å². The summed E-state index contributed by atoms with van der Waals surface area (Å²) in [4.78, 5) is 0. The van der Waals surface area contributed by atoms with Gasteiger partial charge in [-0.15, -0.1) is 0 Å². The van der Waals surface area contributed by atoms with Gasteiger partial charge in [-0.25, -0.2) is 0 Å². The van der Waals surface area contributed by atoms with Crippen molar-refractivity contribution in [1.82, 2.24) is 5.32 Å². The summed E-state index contributed by atoms with van der Waals surface area (Å²) in [6.45, 7) is 4.84. The topological polar surface area (TPSA) is 12.0 Å². The van der Waals surface area contributed by atoms with E-state index < -0.39 is 0 Å². The van der Waals surface area contributed by atoms with Gasteiger partial charge in [0.1, 0.15) is 0 Å². The van der Waals surface area contributed by atoms with Crippen molar-refractivity contribution in [3.8, 4) is 0 Å². The zero-order chi connectivity index (χ0) is 14.0. The molecule has 1 aromatic rings. The maximum absolute atomic E-state index is 3.95. The summed E-state index contributed by atoms with van der Waals surface area (Å²) in [6.07, 6.45) is 9.57. The number of hydrogen-bond donors (Lipinski definition) is 1. The fourth-order valence-corrected chi connectivity index (χ4v) is 4.23. The fraction of sp³-hybridized carbons (Fsp3) is 0.684. The van der Waals surface area contributed by atoms with Crippen molar-refractivity contribution in [2.24, 2.45) is 5.41 Å². The molecule has 1 atom stereocenters. The van der Waals surface area contributed by atoms with Crippen LogP contribution >= 0.6 is 0 Å². The van der Waals surface area contributed by atoms with Crippen LogP contribution in [0, 0.1) is 5.41 Å². The largest absolute Gasteiger partial charge is 0.311 e. The SMILES string of the molecule is CC1(C)CCC(NC2CCC(c3ccccc3)CC2)C1. The Bertz CT molecular complexity index is 415. The van der Waals surface area contributed by atoms with Gasteiger partial charge in [0.2, 0.25) is 0 Å². The Morgan fingerprint density at radius 3 is 2.20 bits per heavy atom. The molecule has 110 valence electrons. The number of nitrogens with one attached hydrogen (secondary N) is 1. The normalized spacial score (nSPS) is 33.2. The van der Waals surface area contributed by atoms with E-state index in [9.17, 15) is 0 Å². The molecular formula is C19H29N. The Balaban J connectivity index is 1.47. The molecule has 2 aliphatic rings. The first-order chi connectivity index (χ1) is 9.62. The maximum atomic E-state index is 3.95. The van der Waals surface area contributed by atoms with Crippen LogP contribution in [0.1, 0.15) is 70.3 Å². The molecule has 0 saturated heterocycles. The molecule has 0 spiro atoms. The highest BCUT2D eigenvalue weighted by molar-refractivity contribution is 5.20. The van der Waals surface area contributed by atoms with E-state index in [2.05, 4.69) is 49.5 Å². The lowest BCUT2D eigenvalue weighted by Gasteiger charge is -2.32. The monoisotopic (exact) mass is 271 g/mol. The molecular weight excluding hydrogens is 242 g/mol. The average Bonchev–Trinajstić information content (AvgIpc) is 2.80. The summed E-state index contributed by atoms with van der Waals surface area (Å²) in [5.74, 6) is 0.800. The van der Waals surface area contributed by atoms with E-state index in [-0.39, 0.29) is 0 Å².